The second kappa shape index (κ2) is 7.83. The lowest BCUT2D eigenvalue weighted by Gasteiger charge is -2.39. The van der Waals surface area contributed by atoms with Crippen LogP contribution in [-0.4, -0.2) is 56.5 Å². The summed E-state index contributed by atoms with van der Waals surface area (Å²) in [6.07, 6.45) is 0. The van der Waals surface area contributed by atoms with Crippen LogP contribution in [-0.2, 0) is 16.4 Å². The maximum Gasteiger partial charge on any atom is 0.194 e. The lowest BCUT2D eigenvalue weighted by Crippen LogP contribution is -2.57. The number of hydrogen-bond acceptors (Lipinski definition) is 4. The van der Waals surface area contributed by atoms with Crippen molar-refractivity contribution in [3.8, 4) is 5.75 Å². The van der Waals surface area contributed by atoms with Crippen LogP contribution in [0.3, 0.4) is 0 Å². The number of guanidine groups is 1. The van der Waals surface area contributed by atoms with E-state index in [4.69, 9.17) is 16.3 Å². The number of nitrogens with zero attached hydrogens (tertiary/aromatic N) is 2. The summed E-state index contributed by atoms with van der Waals surface area (Å²) in [5.41, 5.74) is 0.884. The third kappa shape index (κ3) is 4.58. The predicted molar refractivity (Wildman–Crippen MR) is 102 cm³/mol. The quantitative estimate of drug-likeness (QED) is 0.634. The molecule has 1 heterocycles. The van der Waals surface area contributed by atoms with Crippen molar-refractivity contribution in [3.63, 3.8) is 0 Å². The molecule has 1 N–H and O–H groups in total. The number of hydrogen-bond donors (Lipinski definition) is 1. The molecule has 0 aromatic heterocycles. The topological polar surface area (TPSA) is 71.0 Å². The van der Waals surface area contributed by atoms with Gasteiger partial charge < -0.3 is 15.0 Å². The average Bonchev–Trinajstić information content (AvgIpc) is 2.54. The number of nitrogens with one attached hydrogen (secondary N) is 1. The summed E-state index contributed by atoms with van der Waals surface area (Å²) in [6, 6.07) is 5.42. The zero-order valence-corrected chi connectivity index (χ0v) is 16.7. The van der Waals surface area contributed by atoms with E-state index in [9.17, 15) is 8.42 Å². The van der Waals surface area contributed by atoms with E-state index >= 15 is 0 Å². The minimum atomic E-state index is -3.09. The van der Waals surface area contributed by atoms with Gasteiger partial charge in [-0.05, 0) is 39.0 Å². The molecule has 0 spiro atoms. The molecule has 1 aliphatic heterocycles. The van der Waals surface area contributed by atoms with Crippen molar-refractivity contribution >= 4 is 27.4 Å². The summed E-state index contributed by atoms with van der Waals surface area (Å²) in [5, 5.41) is 3.87. The first-order valence-corrected chi connectivity index (χ1v) is 10.3. The SMILES string of the molecule is CCNC(=NCc1cc(Cl)ccc1OC)N1CCS(=O)(=O)C(C)(C)C1. The zero-order chi connectivity index (χ0) is 18.7. The van der Waals surface area contributed by atoms with Gasteiger partial charge in [0.1, 0.15) is 5.75 Å². The fourth-order valence-corrected chi connectivity index (χ4v) is 4.34. The highest BCUT2D eigenvalue weighted by Gasteiger charge is 2.40. The number of sulfone groups is 1. The van der Waals surface area contributed by atoms with E-state index in [0.717, 1.165) is 11.3 Å². The van der Waals surface area contributed by atoms with Crippen LogP contribution in [0.1, 0.15) is 26.3 Å². The van der Waals surface area contributed by atoms with Crippen molar-refractivity contribution in [1.29, 1.82) is 0 Å². The van der Waals surface area contributed by atoms with Gasteiger partial charge in [-0.2, -0.15) is 0 Å². The Morgan fingerprint density at radius 3 is 2.76 bits per heavy atom. The van der Waals surface area contributed by atoms with Crippen LogP contribution < -0.4 is 10.1 Å². The van der Waals surface area contributed by atoms with Gasteiger partial charge in [-0.25, -0.2) is 13.4 Å². The zero-order valence-electron chi connectivity index (χ0n) is 15.2. The Morgan fingerprint density at radius 2 is 2.16 bits per heavy atom. The molecule has 140 valence electrons. The van der Waals surface area contributed by atoms with E-state index in [1.165, 1.54) is 0 Å². The molecule has 0 saturated carbocycles. The Hall–Kier alpha value is -1.47. The van der Waals surface area contributed by atoms with Gasteiger partial charge in [-0.1, -0.05) is 11.6 Å². The molecule has 1 aliphatic rings. The number of halogens is 1. The van der Waals surface area contributed by atoms with Crippen molar-refractivity contribution in [2.75, 3.05) is 32.5 Å². The maximum absolute atomic E-state index is 12.2. The molecule has 0 unspecified atom stereocenters. The lowest BCUT2D eigenvalue weighted by atomic mass is 10.2. The van der Waals surface area contributed by atoms with Crippen LogP contribution in [0.25, 0.3) is 0 Å². The molecule has 0 amide bonds. The standard InChI is InChI=1S/C17H26ClN3O3S/c1-5-19-16(21-8-9-25(22,23)17(2,3)12-21)20-11-13-10-14(18)6-7-15(13)24-4/h6-7,10H,5,8-9,11-12H2,1-4H3,(H,19,20). The van der Waals surface area contributed by atoms with E-state index in [1.54, 1.807) is 27.0 Å². The van der Waals surface area contributed by atoms with Gasteiger partial charge in [0.05, 0.1) is 24.2 Å². The van der Waals surface area contributed by atoms with Gasteiger partial charge >= 0.3 is 0 Å². The molecule has 1 saturated heterocycles. The second-order valence-corrected chi connectivity index (χ2v) is 9.81. The lowest BCUT2D eigenvalue weighted by molar-refractivity contribution is 0.353. The van der Waals surface area contributed by atoms with Crippen LogP contribution in [0.15, 0.2) is 23.2 Å². The number of ether oxygens (including phenoxy) is 1. The van der Waals surface area contributed by atoms with Crippen molar-refractivity contribution in [2.45, 2.75) is 32.1 Å². The van der Waals surface area contributed by atoms with E-state index in [2.05, 4.69) is 10.3 Å². The highest BCUT2D eigenvalue weighted by Crippen LogP contribution is 2.25. The van der Waals surface area contributed by atoms with Gasteiger partial charge in [-0.15, -0.1) is 0 Å². The molecule has 1 aromatic carbocycles. The molecule has 1 fully saturated rings. The Morgan fingerprint density at radius 1 is 1.44 bits per heavy atom. The number of methoxy groups -OCH3 is 1. The van der Waals surface area contributed by atoms with E-state index in [0.29, 0.717) is 37.2 Å². The van der Waals surface area contributed by atoms with Gasteiger partial charge in [0.15, 0.2) is 15.8 Å². The highest BCUT2D eigenvalue weighted by molar-refractivity contribution is 7.92. The van der Waals surface area contributed by atoms with Crippen molar-refractivity contribution < 1.29 is 13.2 Å². The summed E-state index contributed by atoms with van der Waals surface area (Å²) in [7, 11) is -1.48. The predicted octanol–water partition coefficient (Wildman–Crippen LogP) is 2.32. The highest BCUT2D eigenvalue weighted by atomic mass is 35.5. The van der Waals surface area contributed by atoms with E-state index in [1.807, 2.05) is 24.0 Å². The summed E-state index contributed by atoms with van der Waals surface area (Å²) in [6.45, 7) is 7.46. The van der Waals surface area contributed by atoms with E-state index < -0.39 is 14.6 Å². The third-order valence-corrected chi connectivity index (χ3v) is 7.09. The molecular weight excluding hydrogens is 362 g/mol. The Bertz CT molecular complexity index is 748. The minimum absolute atomic E-state index is 0.130. The number of aliphatic imine (C=N–C) groups is 1. The summed E-state index contributed by atoms with van der Waals surface area (Å²) >= 11 is 6.07. The van der Waals surface area contributed by atoms with Crippen LogP contribution in [0.2, 0.25) is 5.02 Å². The summed E-state index contributed by atoms with van der Waals surface area (Å²) < 4.78 is 29.0. The molecule has 6 nitrogen and oxygen atoms in total. The smallest absolute Gasteiger partial charge is 0.194 e. The first-order valence-electron chi connectivity index (χ1n) is 8.28. The monoisotopic (exact) mass is 387 g/mol. The molecule has 0 atom stereocenters. The van der Waals surface area contributed by atoms with Crippen LogP contribution in [0, 0.1) is 0 Å². The van der Waals surface area contributed by atoms with Gasteiger partial charge in [0.2, 0.25) is 0 Å². The van der Waals surface area contributed by atoms with Crippen molar-refractivity contribution in [2.24, 2.45) is 4.99 Å². The number of rotatable bonds is 4. The first-order chi connectivity index (χ1) is 11.7. The number of benzene rings is 1. The summed E-state index contributed by atoms with van der Waals surface area (Å²) in [4.78, 5) is 6.67. The van der Waals surface area contributed by atoms with Crippen LogP contribution >= 0.6 is 11.6 Å². The second-order valence-electron chi connectivity index (χ2n) is 6.63. The Balaban J connectivity index is 2.24. The van der Waals surface area contributed by atoms with Gasteiger partial charge in [0.25, 0.3) is 0 Å². The Kier molecular flexibility index (Phi) is 6.21. The molecule has 0 bridgehead atoms. The molecule has 1 aromatic rings. The van der Waals surface area contributed by atoms with Crippen LogP contribution in [0.5, 0.6) is 5.75 Å². The third-order valence-electron chi connectivity index (χ3n) is 4.32. The minimum Gasteiger partial charge on any atom is -0.496 e. The molecule has 0 radical (unpaired) electrons. The van der Waals surface area contributed by atoms with Gasteiger partial charge in [0, 0.05) is 30.2 Å². The first kappa shape index (κ1) is 19.8. The van der Waals surface area contributed by atoms with Gasteiger partial charge in [-0.3, -0.25) is 0 Å². The van der Waals surface area contributed by atoms with Crippen molar-refractivity contribution in [1.82, 2.24) is 10.2 Å². The van der Waals surface area contributed by atoms with Crippen LogP contribution in [0.4, 0.5) is 0 Å². The normalized spacial score (nSPS) is 19.6. The fourth-order valence-electron chi connectivity index (χ4n) is 2.78. The van der Waals surface area contributed by atoms with Crippen molar-refractivity contribution in [3.05, 3.63) is 28.8 Å². The maximum atomic E-state index is 12.2. The average molecular weight is 388 g/mol. The van der Waals surface area contributed by atoms with E-state index in [-0.39, 0.29) is 5.75 Å². The summed E-state index contributed by atoms with van der Waals surface area (Å²) in [5.74, 6) is 1.56. The molecule has 8 heteroatoms. The molecular formula is C17H26ClN3O3S. The molecule has 0 aliphatic carbocycles. The fraction of sp³-hybridized carbons (Fsp3) is 0.588. The molecule has 25 heavy (non-hydrogen) atoms. The Labute approximate surface area is 155 Å². The largest absolute Gasteiger partial charge is 0.496 e. The molecule has 2 rings (SSSR count).